The van der Waals surface area contributed by atoms with Gasteiger partial charge in [0.2, 0.25) is 11.9 Å². The fourth-order valence-corrected chi connectivity index (χ4v) is 4.56. The number of hydrogen-bond acceptors (Lipinski definition) is 4. The maximum Gasteiger partial charge on any atom is 0.249 e. The molecule has 1 aliphatic carbocycles. The average Bonchev–Trinajstić information content (AvgIpc) is 3.16. The number of benzene rings is 1. The highest BCUT2D eigenvalue weighted by atomic mass is 16.1. The lowest BCUT2D eigenvalue weighted by atomic mass is 10.0. The van der Waals surface area contributed by atoms with E-state index in [1.54, 1.807) is 12.3 Å². The van der Waals surface area contributed by atoms with Crippen LogP contribution in [0.2, 0.25) is 0 Å². The number of carbonyl (C=O) groups excluding carboxylic acids is 1. The Bertz CT molecular complexity index is 1220. The van der Waals surface area contributed by atoms with Crippen molar-refractivity contribution in [2.45, 2.75) is 32.2 Å². The van der Waals surface area contributed by atoms with Gasteiger partial charge in [-0.05, 0) is 48.4 Å². The predicted octanol–water partition coefficient (Wildman–Crippen LogP) is 4.01. The van der Waals surface area contributed by atoms with Gasteiger partial charge < -0.3 is 15.5 Å². The number of anilines is 1. The molecule has 1 fully saturated rings. The second kappa shape index (κ2) is 7.51. The molecule has 3 aromatic rings. The van der Waals surface area contributed by atoms with Crippen LogP contribution in [-0.4, -0.2) is 35.0 Å². The SMILES string of the molecule is [C-]#[N+]C1CCN(c2ccc3c(c2)Cc2c(C(N)=O)cc(-c4ccc(C)nc4)nc2-3)CC1. The molecule has 1 aliphatic heterocycles. The van der Waals surface area contributed by atoms with Crippen molar-refractivity contribution in [1.29, 1.82) is 0 Å². The maximum atomic E-state index is 12.3. The quantitative estimate of drug-likeness (QED) is 0.519. The molecule has 0 saturated carbocycles. The van der Waals surface area contributed by atoms with E-state index in [0.717, 1.165) is 59.6 Å². The molecule has 2 N–H and O–H groups in total. The van der Waals surface area contributed by atoms with Gasteiger partial charge in [-0.1, -0.05) is 6.07 Å². The topological polar surface area (TPSA) is 76.5 Å². The highest BCUT2D eigenvalue weighted by Gasteiger charge is 2.28. The van der Waals surface area contributed by atoms with E-state index in [9.17, 15) is 4.79 Å². The van der Waals surface area contributed by atoms with E-state index in [4.69, 9.17) is 17.3 Å². The summed E-state index contributed by atoms with van der Waals surface area (Å²) in [4.78, 5) is 27.6. The third kappa shape index (κ3) is 3.42. The lowest BCUT2D eigenvalue weighted by Crippen LogP contribution is -2.34. The molecule has 0 atom stereocenters. The largest absolute Gasteiger partial charge is 0.371 e. The molecule has 0 radical (unpaired) electrons. The number of carbonyl (C=O) groups is 1. The van der Waals surface area contributed by atoms with Crippen LogP contribution in [-0.2, 0) is 6.42 Å². The Labute approximate surface area is 181 Å². The van der Waals surface area contributed by atoms with Gasteiger partial charge >= 0.3 is 0 Å². The molecule has 0 unspecified atom stereocenters. The van der Waals surface area contributed by atoms with Gasteiger partial charge in [-0.15, -0.1) is 0 Å². The summed E-state index contributed by atoms with van der Waals surface area (Å²) in [6.45, 7) is 11.0. The number of rotatable bonds is 3. The van der Waals surface area contributed by atoms with E-state index in [1.807, 2.05) is 19.1 Å². The number of aryl methyl sites for hydroxylation is 1. The summed E-state index contributed by atoms with van der Waals surface area (Å²) in [6, 6.07) is 12.3. The second-order valence-corrected chi connectivity index (χ2v) is 8.30. The van der Waals surface area contributed by atoms with Gasteiger partial charge in [-0.3, -0.25) is 9.78 Å². The number of nitrogens with zero attached hydrogens (tertiary/aromatic N) is 4. The van der Waals surface area contributed by atoms with Crippen LogP contribution in [0.15, 0.2) is 42.6 Å². The molecule has 31 heavy (non-hydrogen) atoms. The van der Waals surface area contributed by atoms with Gasteiger partial charge in [0.1, 0.15) is 0 Å². The standard InChI is InChI=1S/C25H23N5O/c1-15-3-4-16(14-28-15)23-13-22(25(26)31)21-12-17-11-19(5-6-20(17)24(21)29-23)30-9-7-18(27-2)8-10-30/h3-6,11,13-14,18H,7-10,12H2,1H3,(H2,26,31). The Balaban J connectivity index is 1.53. The predicted molar refractivity (Wildman–Crippen MR) is 121 cm³/mol. The van der Waals surface area contributed by atoms with Crippen molar-refractivity contribution in [1.82, 2.24) is 9.97 Å². The molecule has 154 valence electrons. The number of fused-ring (bicyclic) bond motifs is 3. The van der Waals surface area contributed by atoms with Gasteiger partial charge in [0, 0.05) is 66.6 Å². The summed E-state index contributed by atoms with van der Waals surface area (Å²) in [5.74, 6) is -0.436. The molecule has 1 saturated heterocycles. The summed E-state index contributed by atoms with van der Waals surface area (Å²) in [6.07, 6.45) is 4.24. The first-order valence-corrected chi connectivity index (χ1v) is 10.5. The molecule has 1 amide bonds. The molecule has 3 heterocycles. The average molecular weight is 409 g/mol. The van der Waals surface area contributed by atoms with Crippen LogP contribution in [0.3, 0.4) is 0 Å². The number of piperidine rings is 1. The van der Waals surface area contributed by atoms with Crippen LogP contribution in [0.25, 0.3) is 27.4 Å². The minimum Gasteiger partial charge on any atom is -0.371 e. The van der Waals surface area contributed by atoms with Crippen molar-refractivity contribution in [3.8, 4) is 22.5 Å². The van der Waals surface area contributed by atoms with Gasteiger partial charge in [-0.2, -0.15) is 0 Å². The van der Waals surface area contributed by atoms with Gasteiger partial charge in [-0.25, -0.2) is 11.6 Å². The van der Waals surface area contributed by atoms with E-state index in [1.165, 1.54) is 5.69 Å². The van der Waals surface area contributed by atoms with E-state index >= 15 is 0 Å². The summed E-state index contributed by atoms with van der Waals surface area (Å²) < 4.78 is 0. The minimum absolute atomic E-state index is 0.145. The smallest absolute Gasteiger partial charge is 0.249 e. The first-order chi connectivity index (χ1) is 15.0. The van der Waals surface area contributed by atoms with Gasteiger partial charge in [0.25, 0.3) is 0 Å². The Morgan fingerprint density at radius 2 is 2.00 bits per heavy atom. The summed E-state index contributed by atoms with van der Waals surface area (Å²) >= 11 is 0. The van der Waals surface area contributed by atoms with E-state index in [2.05, 4.69) is 32.9 Å². The van der Waals surface area contributed by atoms with Crippen LogP contribution in [0.5, 0.6) is 0 Å². The maximum absolute atomic E-state index is 12.3. The number of aromatic nitrogens is 2. The zero-order chi connectivity index (χ0) is 21.5. The van der Waals surface area contributed by atoms with Crippen LogP contribution >= 0.6 is 0 Å². The number of pyridine rings is 2. The molecule has 2 aliphatic rings. The van der Waals surface area contributed by atoms with E-state index in [-0.39, 0.29) is 6.04 Å². The van der Waals surface area contributed by atoms with Crippen molar-refractivity contribution in [2.24, 2.45) is 5.73 Å². The Morgan fingerprint density at radius 1 is 1.19 bits per heavy atom. The number of hydrogen-bond donors (Lipinski definition) is 1. The molecule has 1 aromatic carbocycles. The van der Waals surface area contributed by atoms with Crippen molar-refractivity contribution >= 4 is 11.6 Å². The summed E-state index contributed by atoms with van der Waals surface area (Å²) in [7, 11) is 0. The fraction of sp³-hybridized carbons (Fsp3) is 0.280. The molecule has 5 rings (SSSR count). The molecular weight excluding hydrogens is 386 g/mol. The van der Waals surface area contributed by atoms with Crippen LogP contribution in [0.4, 0.5) is 5.69 Å². The molecule has 2 aromatic heterocycles. The number of amides is 1. The third-order valence-electron chi connectivity index (χ3n) is 6.32. The first-order valence-electron chi connectivity index (χ1n) is 10.5. The number of nitrogens with two attached hydrogens (primary N) is 1. The second-order valence-electron chi connectivity index (χ2n) is 8.30. The molecule has 6 nitrogen and oxygen atoms in total. The van der Waals surface area contributed by atoms with Crippen molar-refractivity contribution < 1.29 is 4.79 Å². The lowest BCUT2D eigenvalue weighted by molar-refractivity contribution is 0.0999. The molecule has 6 heteroatoms. The Hall–Kier alpha value is -3.72. The normalized spacial score (nSPS) is 15.3. The lowest BCUT2D eigenvalue weighted by Gasteiger charge is -2.29. The van der Waals surface area contributed by atoms with Gasteiger partial charge in [0.05, 0.1) is 11.4 Å². The molecular formula is C25H23N5O. The number of primary amides is 1. The van der Waals surface area contributed by atoms with Crippen LogP contribution < -0.4 is 10.6 Å². The summed E-state index contributed by atoms with van der Waals surface area (Å²) in [5, 5.41) is 0. The highest BCUT2D eigenvalue weighted by molar-refractivity contribution is 5.98. The van der Waals surface area contributed by atoms with E-state index in [0.29, 0.717) is 17.7 Å². The third-order valence-corrected chi connectivity index (χ3v) is 6.32. The fourth-order valence-electron chi connectivity index (χ4n) is 4.56. The highest BCUT2D eigenvalue weighted by Crippen LogP contribution is 2.40. The van der Waals surface area contributed by atoms with Gasteiger partial charge in [0.15, 0.2) is 0 Å². The van der Waals surface area contributed by atoms with Crippen molar-refractivity contribution in [2.75, 3.05) is 18.0 Å². The minimum atomic E-state index is -0.436. The van der Waals surface area contributed by atoms with Crippen LogP contribution in [0, 0.1) is 13.5 Å². The first kappa shape index (κ1) is 19.3. The molecule has 0 bridgehead atoms. The monoisotopic (exact) mass is 409 g/mol. The van der Waals surface area contributed by atoms with E-state index < -0.39 is 5.91 Å². The Morgan fingerprint density at radius 3 is 2.68 bits per heavy atom. The molecule has 0 spiro atoms. The summed E-state index contributed by atoms with van der Waals surface area (Å²) in [5.41, 5.74) is 13.9. The van der Waals surface area contributed by atoms with Crippen molar-refractivity contribution in [3.63, 3.8) is 0 Å². The zero-order valence-corrected chi connectivity index (χ0v) is 17.4. The zero-order valence-electron chi connectivity index (χ0n) is 17.4. The van der Waals surface area contributed by atoms with Crippen LogP contribution in [0.1, 0.15) is 40.0 Å². The Kier molecular flexibility index (Phi) is 4.67. The van der Waals surface area contributed by atoms with Crippen molar-refractivity contribution in [3.05, 3.63) is 76.4 Å².